The zero-order chi connectivity index (χ0) is 23.3. The molecule has 6 rings (SSSR count). The Balaban J connectivity index is 1.59. The molecular weight excluding hydrogens is 622 g/mol. The topological polar surface area (TPSA) is 0 Å². The number of allylic oxidation sites excluding steroid dienone is 2. The van der Waals surface area contributed by atoms with Crippen LogP contribution in [-0.2, 0) is 20.8 Å². The monoisotopic (exact) mass is 646 g/mol. The van der Waals surface area contributed by atoms with E-state index in [2.05, 4.69) is 128 Å². The SMILES string of the molecule is C[C]1([Hf]([Cl])([Cl])[CH]2C(c3ccccc3)=Cc3ccccc32)C(c2ccccc2)=Cc2ccccc21. The van der Waals surface area contributed by atoms with Gasteiger partial charge in [-0.1, -0.05) is 0 Å². The Morgan fingerprint density at radius 2 is 1.18 bits per heavy atom. The van der Waals surface area contributed by atoms with Gasteiger partial charge in [-0.3, -0.25) is 0 Å². The molecule has 4 aromatic carbocycles. The molecule has 0 fully saturated rings. The molecule has 34 heavy (non-hydrogen) atoms. The summed E-state index contributed by atoms with van der Waals surface area (Å²) in [5.41, 5.74) is 9.90. The van der Waals surface area contributed by atoms with Crippen molar-refractivity contribution in [3.63, 3.8) is 0 Å². The molecule has 3 heteroatoms. The van der Waals surface area contributed by atoms with Crippen molar-refractivity contribution in [3.05, 3.63) is 143 Å². The van der Waals surface area contributed by atoms with Gasteiger partial charge in [0.25, 0.3) is 0 Å². The predicted molar refractivity (Wildman–Crippen MR) is 143 cm³/mol. The van der Waals surface area contributed by atoms with E-state index in [1.54, 1.807) is 0 Å². The number of benzene rings is 4. The molecule has 0 amide bonds. The Bertz CT molecular complexity index is 1440. The first kappa shape index (κ1) is 22.3. The van der Waals surface area contributed by atoms with E-state index in [-0.39, 0.29) is 3.67 Å². The molecule has 0 nitrogen and oxygen atoms in total. The molecule has 0 saturated heterocycles. The average Bonchev–Trinajstić information content (AvgIpc) is 3.43. The summed E-state index contributed by atoms with van der Waals surface area (Å²) in [7, 11) is 15.9. The van der Waals surface area contributed by atoms with Crippen LogP contribution >= 0.6 is 17.2 Å². The Hall–Kier alpha value is -2.19. The summed E-state index contributed by atoms with van der Waals surface area (Å²) >= 11 is -4.34. The van der Waals surface area contributed by atoms with Crippen LogP contribution < -0.4 is 0 Å². The maximum atomic E-state index is 7.94. The van der Waals surface area contributed by atoms with Gasteiger partial charge in [-0.15, -0.1) is 0 Å². The van der Waals surface area contributed by atoms with Gasteiger partial charge in [0, 0.05) is 0 Å². The third kappa shape index (κ3) is 3.28. The molecule has 0 radical (unpaired) electrons. The number of hydrogen-bond acceptors (Lipinski definition) is 0. The van der Waals surface area contributed by atoms with Crippen LogP contribution in [0.4, 0.5) is 0 Å². The van der Waals surface area contributed by atoms with E-state index < -0.39 is 20.8 Å². The summed E-state index contributed by atoms with van der Waals surface area (Å²) in [4.78, 5) is 0. The van der Waals surface area contributed by atoms with Crippen LogP contribution in [-0.4, -0.2) is 0 Å². The Kier molecular flexibility index (Phi) is 5.56. The fourth-order valence-corrected chi connectivity index (χ4v) is 23.8. The maximum absolute atomic E-state index is 7.94. The minimum absolute atomic E-state index is 0.0256. The first-order valence-electron chi connectivity index (χ1n) is 11.6. The number of fused-ring (bicyclic) bond motifs is 2. The molecule has 0 aromatic heterocycles. The second-order valence-corrected chi connectivity index (χ2v) is 30.8. The molecule has 0 bridgehead atoms. The summed E-state index contributed by atoms with van der Waals surface area (Å²) in [6.07, 6.45) is 4.63. The van der Waals surface area contributed by atoms with E-state index in [1.165, 1.54) is 44.5 Å². The van der Waals surface area contributed by atoms with E-state index in [4.69, 9.17) is 17.2 Å². The van der Waals surface area contributed by atoms with Crippen molar-refractivity contribution >= 4 is 40.5 Å². The van der Waals surface area contributed by atoms with Gasteiger partial charge in [0.1, 0.15) is 0 Å². The normalized spacial score (nSPS) is 21.0. The number of rotatable bonds is 4. The fourth-order valence-electron chi connectivity index (χ4n) is 5.76. The van der Waals surface area contributed by atoms with E-state index >= 15 is 0 Å². The third-order valence-electron chi connectivity index (χ3n) is 7.49. The molecule has 4 aromatic rings. The van der Waals surface area contributed by atoms with Crippen molar-refractivity contribution in [3.8, 4) is 0 Å². The Morgan fingerprint density at radius 3 is 1.88 bits per heavy atom. The van der Waals surface area contributed by atoms with Crippen LogP contribution in [0.15, 0.2) is 109 Å². The number of halogens is 2. The van der Waals surface area contributed by atoms with Gasteiger partial charge in [0.2, 0.25) is 0 Å². The predicted octanol–water partition coefficient (Wildman–Crippen LogP) is 9.21. The van der Waals surface area contributed by atoms with Crippen LogP contribution in [0.1, 0.15) is 44.0 Å². The minimum atomic E-state index is -4.34. The molecule has 2 aliphatic carbocycles. The van der Waals surface area contributed by atoms with E-state index in [0.29, 0.717) is 0 Å². The zero-order valence-electron chi connectivity index (χ0n) is 18.9. The van der Waals surface area contributed by atoms with Crippen molar-refractivity contribution in [2.24, 2.45) is 0 Å². The standard InChI is InChI=1S/C16H13.C15H11.2ClH.Hf/c1-12-15-10-6-5-9-14(15)11-16(12)13-7-3-2-4-8-13;1-2-6-12(7-3-1)15-10-13-8-4-5-9-14(13)11-15;;;/h2-11H,1H3;1-11H;2*1H;/q;;;;+2/p-2. The van der Waals surface area contributed by atoms with Crippen molar-refractivity contribution in [1.29, 1.82) is 0 Å². The van der Waals surface area contributed by atoms with Crippen LogP contribution in [0.2, 0.25) is 0 Å². The van der Waals surface area contributed by atoms with Crippen molar-refractivity contribution in [2.75, 3.05) is 0 Å². The van der Waals surface area contributed by atoms with Gasteiger partial charge in [-0.25, -0.2) is 0 Å². The molecule has 2 aliphatic rings. The third-order valence-corrected chi connectivity index (χ3v) is 28.8. The number of hydrogen-bond donors (Lipinski definition) is 0. The van der Waals surface area contributed by atoms with Gasteiger partial charge in [-0.2, -0.15) is 0 Å². The molecule has 0 aliphatic heterocycles. The molecule has 0 saturated carbocycles. The molecule has 0 heterocycles. The molecule has 0 N–H and O–H groups in total. The molecule has 2 atom stereocenters. The Morgan fingerprint density at radius 1 is 0.618 bits per heavy atom. The summed E-state index contributed by atoms with van der Waals surface area (Å²) in [6.45, 7) is 2.31. The second kappa shape index (κ2) is 8.48. The Labute approximate surface area is 213 Å². The van der Waals surface area contributed by atoms with Gasteiger partial charge in [-0.05, 0) is 0 Å². The zero-order valence-corrected chi connectivity index (χ0v) is 24.0. The van der Waals surface area contributed by atoms with Crippen molar-refractivity contribution in [1.82, 2.24) is 0 Å². The van der Waals surface area contributed by atoms with Crippen molar-refractivity contribution in [2.45, 2.75) is 13.8 Å². The average molecular weight is 646 g/mol. The summed E-state index contributed by atoms with van der Waals surface area (Å²) < 4.78 is -0.387. The van der Waals surface area contributed by atoms with Crippen LogP contribution in [0.25, 0.3) is 23.3 Å². The van der Waals surface area contributed by atoms with Gasteiger partial charge < -0.3 is 0 Å². The summed E-state index contributed by atoms with van der Waals surface area (Å²) in [5.74, 6) is 0. The second-order valence-electron chi connectivity index (χ2n) is 9.29. The van der Waals surface area contributed by atoms with Crippen LogP contribution in [0.3, 0.4) is 0 Å². The van der Waals surface area contributed by atoms with Gasteiger partial charge >= 0.3 is 214 Å². The molecular formula is C31H24Cl2Hf. The van der Waals surface area contributed by atoms with Crippen LogP contribution in [0.5, 0.6) is 0 Å². The van der Waals surface area contributed by atoms with E-state index in [1.807, 2.05) is 0 Å². The quantitative estimate of drug-likeness (QED) is 0.194. The van der Waals surface area contributed by atoms with Gasteiger partial charge in [0.15, 0.2) is 0 Å². The van der Waals surface area contributed by atoms with Crippen LogP contribution in [0, 0.1) is 0 Å². The first-order valence-corrected chi connectivity index (χ1v) is 24.4. The molecule has 2 unspecified atom stereocenters. The summed E-state index contributed by atoms with van der Waals surface area (Å²) in [5, 5.41) is 0. The summed E-state index contributed by atoms with van der Waals surface area (Å²) in [6, 6.07) is 38.5. The van der Waals surface area contributed by atoms with E-state index in [9.17, 15) is 0 Å². The molecule has 166 valence electrons. The fraction of sp³-hybridized carbons (Fsp3) is 0.0968. The van der Waals surface area contributed by atoms with Gasteiger partial charge in [0.05, 0.1) is 0 Å². The molecule has 0 spiro atoms. The van der Waals surface area contributed by atoms with Crippen molar-refractivity contribution < 1.29 is 17.6 Å². The van der Waals surface area contributed by atoms with E-state index in [0.717, 1.165) is 0 Å². The first-order chi connectivity index (χ1) is 16.5.